The average Bonchev–Trinajstić information content (AvgIpc) is 3.16. The van der Waals surface area contributed by atoms with Crippen molar-refractivity contribution in [3.05, 3.63) is 94.2 Å². The zero-order valence-electron chi connectivity index (χ0n) is 16.5. The normalized spacial score (nSPS) is 14.9. The third-order valence-corrected chi connectivity index (χ3v) is 5.83. The topological polar surface area (TPSA) is 53.4 Å². The molecule has 0 amide bonds. The van der Waals surface area contributed by atoms with Crippen LogP contribution in [-0.4, -0.2) is 32.4 Å². The highest BCUT2D eigenvalue weighted by molar-refractivity contribution is 5.61. The zero-order valence-corrected chi connectivity index (χ0v) is 16.5. The van der Waals surface area contributed by atoms with Crippen LogP contribution in [0.1, 0.15) is 29.7 Å². The zero-order chi connectivity index (χ0) is 19.8. The van der Waals surface area contributed by atoms with Crippen LogP contribution in [0.3, 0.4) is 0 Å². The molecule has 5 nitrogen and oxygen atoms in total. The smallest absolute Gasteiger partial charge is 0.274 e. The van der Waals surface area contributed by atoms with E-state index in [1.807, 2.05) is 40.9 Å². The molecule has 5 heteroatoms. The van der Waals surface area contributed by atoms with Gasteiger partial charge in [0.05, 0.1) is 6.20 Å². The third-order valence-electron chi connectivity index (χ3n) is 5.83. The van der Waals surface area contributed by atoms with Gasteiger partial charge in [0.25, 0.3) is 5.56 Å². The van der Waals surface area contributed by atoms with Crippen LogP contribution in [0.25, 0.3) is 16.9 Å². The van der Waals surface area contributed by atoms with Crippen molar-refractivity contribution in [3.63, 3.8) is 0 Å². The molecule has 1 aliphatic heterocycles. The molecule has 0 aliphatic carbocycles. The van der Waals surface area contributed by atoms with E-state index in [0.717, 1.165) is 43.1 Å². The van der Waals surface area contributed by atoms with E-state index in [2.05, 4.69) is 46.1 Å². The molecule has 0 radical (unpaired) electrons. The summed E-state index contributed by atoms with van der Waals surface area (Å²) in [5, 5.41) is 0. The van der Waals surface area contributed by atoms with Crippen LogP contribution < -0.4 is 5.56 Å². The predicted molar refractivity (Wildman–Crippen MR) is 115 cm³/mol. The molecule has 0 saturated carbocycles. The molecule has 2 aromatic heterocycles. The number of aryl methyl sites for hydroxylation is 1. The first-order chi connectivity index (χ1) is 14.2. The maximum absolute atomic E-state index is 12.5. The van der Waals surface area contributed by atoms with Gasteiger partial charge in [-0.05, 0) is 17.5 Å². The quantitative estimate of drug-likeness (QED) is 0.569. The van der Waals surface area contributed by atoms with Gasteiger partial charge < -0.3 is 4.98 Å². The molecule has 0 bridgehead atoms. The highest BCUT2D eigenvalue weighted by Crippen LogP contribution is 2.28. The molecule has 1 aliphatic rings. The number of aromatic amines is 1. The van der Waals surface area contributed by atoms with Gasteiger partial charge in [0.15, 0.2) is 0 Å². The molecule has 146 valence electrons. The SMILES string of the molecule is CCc1ccc(C2CN(Cc3cn4c(-c5ccccc5)ncc4c(=O)[nH]3)C2)cc1. The standard InChI is InChI=1S/C24H24N4O/c1-2-17-8-10-18(11-9-17)20-13-27(14-20)15-21-16-28-22(24(29)26-21)12-25-23(28)19-6-4-3-5-7-19/h3-12,16,20H,2,13-15H2,1H3,(H,26,29). The first kappa shape index (κ1) is 17.9. The number of nitrogens with one attached hydrogen (secondary N) is 1. The Kier molecular flexibility index (Phi) is 4.52. The number of H-pyrrole nitrogens is 1. The fourth-order valence-corrected chi connectivity index (χ4v) is 4.11. The van der Waals surface area contributed by atoms with E-state index in [1.54, 1.807) is 6.20 Å². The summed E-state index contributed by atoms with van der Waals surface area (Å²) in [4.78, 5) is 22.4. The van der Waals surface area contributed by atoms with Crippen molar-refractivity contribution >= 4 is 5.52 Å². The van der Waals surface area contributed by atoms with Crippen molar-refractivity contribution in [2.24, 2.45) is 0 Å². The second kappa shape index (κ2) is 7.33. The van der Waals surface area contributed by atoms with Gasteiger partial charge in [0, 0.05) is 43.0 Å². The summed E-state index contributed by atoms with van der Waals surface area (Å²) in [6.07, 6.45) is 4.73. The van der Waals surface area contributed by atoms with Gasteiger partial charge >= 0.3 is 0 Å². The van der Waals surface area contributed by atoms with Crippen LogP contribution in [0.2, 0.25) is 0 Å². The Bertz CT molecular complexity index is 1190. The molecule has 1 N–H and O–H groups in total. The number of hydrogen-bond donors (Lipinski definition) is 1. The number of nitrogens with zero attached hydrogens (tertiary/aromatic N) is 3. The number of benzene rings is 2. The first-order valence-electron chi connectivity index (χ1n) is 10.2. The second-order valence-corrected chi connectivity index (χ2v) is 7.80. The summed E-state index contributed by atoms with van der Waals surface area (Å²) >= 11 is 0. The predicted octanol–water partition coefficient (Wildman–Crippen LogP) is 3.85. The van der Waals surface area contributed by atoms with Gasteiger partial charge in [-0.2, -0.15) is 0 Å². The van der Waals surface area contributed by atoms with E-state index in [1.165, 1.54) is 11.1 Å². The minimum atomic E-state index is -0.0931. The van der Waals surface area contributed by atoms with Crippen molar-refractivity contribution in [2.45, 2.75) is 25.8 Å². The molecule has 5 rings (SSSR count). The fraction of sp³-hybridized carbons (Fsp3) is 0.250. The number of rotatable bonds is 5. The molecular weight excluding hydrogens is 360 g/mol. The van der Waals surface area contributed by atoms with Crippen molar-refractivity contribution in [3.8, 4) is 11.4 Å². The van der Waals surface area contributed by atoms with Gasteiger partial charge in [0.2, 0.25) is 0 Å². The Morgan fingerprint density at radius 2 is 1.83 bits per heavy atom. The molecule has 1 fully saturated rings. The molecule has 1 saturated heterocycles. The second-order valence-electron chi connectivity index (χ2n) is 7.80. The number of fused-ring (bicyclic) bond motifs is 1. The van der Waals surface area contributed by atoms with Gasteiger partial charge in [-0.1, -0.05) is 61.5 Å². The Labute approximate surface area is 169 Å². The Balaban J connectivity index is 1.34. The molecule has 29 heavy (non-hydrogen) atoms. The minimum Gasteiger partial charge on any atom is -0.322 e. The maximum Gasteiger partial charge on any atom is 0.274 e. The summed E-state index contributed by atoms with van der Waals surface area (Å²) in [6, 6.07) is 18.9. The lowest BCUT2D eigenvalue weighted by Crippen LogP contribution is -2.44. The molecule has 0 atom stereocenters. The summed E-state index contributed by atoms with van der Waals surface area (Å²) in [6.45, 7) is 4.95. The Morgan fingerprint density at radius 1 is 1.07 bits per heavy atom. The van der Waals surface area contributed by atoms with Crippen LogP contribution in [0.5, 0.6) is 0 Å². The van der Waals surface area contributed by atoms with E-state index in [-0.39, 0.29) is 5.56 Å². The number of imidazole rings is 1. The van der Waals surface area contributed by atoms with Crippen molar-refractivity contribution in [2.75, 3.05) is 13.1 Å². The molecule has 0 unspecified atom stereocenters. The van der Waals surface area contributed by atoms with Crippen molar-refractivity contribution < 1.29 is 0 Å². The van der Waals surface area contributed by atoms with E-state index in [0.29, 0.717) is 11.4 Å². The van der Waals surface area contributed by atoms with Crippen LogP contribution in [0, 0.1) is 0 Å². The van der Waals surface area contributed by atoms with Crippen LogP contribution >= 0.6 is 0 Å². The van der Waals surface area contributed by atoms with Gasteiger partial charge in [-0.3, -0.25) is 14.1 Å². The molecule has 2 aromatic carbocycles. The monoisotopic (exact) mass is 384 g/mol. The average molecular weight is 384 g/mol. The molecule has 3 heterocycles. The van der Waals surface area contributed by atoms with Crippen LogP contribution in [-0.2, 0) is 13.0 Å². The lowest BCUT2D eigenvalue weighted by Gasteiger charge is -2.39. The van der Waals surface area contributed by atoms with E-state index in [4.69, 9.17) is 0 Å². The van der Waals surface area contributed by atoms with Gasteiger partial charge in [-0.25, -0.2) is 4.98 Å². The largest absolute Gasteiger partial charge is 0.322 e. The summed E-state index contributed by atoms with van der Waals surface area (Å²) in [7, 11) is 0. The van der Waals surface area contributed by atoms with Crippen LogP contribution in [0.4, 0.5) is 0 Å². The summed E-state index contributed by atoms with van der Waals surface area (Å²) < 4.78 is 1.91. The highest BCUT2D eigenvalue weighted by Gasteiger charge is 2.28. The maximum atomic E-state index is 12.5. The Hall–Kier alpha value is -3.18. The highest BCUT2D eigenvalue weighted by atomic mass is 16.1. The molecule has 4 aromatic rings. The van der Waals surface area contributed by atoms with Crippen LogP contribution in [0.15, 0.2) is 71.8 Å². The number of likely N-dealkylation sites (tertiary alicyclic amines) is 1. The van der Waals surface area contributed by atoms with E-state index >= 15 is 0 Å². The third kappa shape index (κ3) is 3.38. The lowest BCUT2D eigenvalue weighted by atomic mass is 9.90. The summed E-state index contributed by atoms with van der Waals surface area (Å²) in [5.74, 6) is 1.37. The minimum absolute atomic E-state index is 0.0931. The van der Waals surface area contributed by atoms with Crippen molar-refractivity contribution in [1.82, 2.24) is 19.3 Å². The first-order valence-corrected chi connectivity index (χ1v) is 10.2. The molecular formula is C24H24N4O. The fourth-order valence-electron chi connectivity index (χ4n) is 4.11. The van der Waals surface area contributed by atoms with Crippen molar-refractivity contribution in [1.29, 1.82) is 0 Å². The number of aromatic nitrogens is 3. The molecule has 0 spiro atoms. The van der Waals surface area contributed by atoms with Gasteiger partial charge in [-0.15, -0.1) is 0 Å². The number of hydrogen-bond acceptors (Lipinski definition) is 3. The lowest BCUT2D eigenvalue weighted by molar-refractivity contribution is 0.137. The Morgan fingerprint density at radius 3 is 2.55 bits per heavy atom. The van der Waals surface area contributed by atoms with E-state index < -0.39 is 0 Å². The van der Waals surface area contributed by atoms with E-state index in [9.17, 15) is 4.79 Å². The summed E-state index contributed by atoms with van der Waals surface area (Å²) in [5.41, 5.74) is 5.18. The van der Waals surface area contributed by atoms with Gasteiger partial charge in [0.1, 0.15) is 11.3 Å².